The predicted molar refractivity (Wildman–Crippen MR) is 123 cm³/mol. The maximum absolute atomic E-state index is 12.8. The number of nitrogens with one attached hydrogen (secondary N) is 2. The second-order valence-corrected chi connectivity index (χ2v) is 7.91. The first-order valence-electron chi connectivity index (χ1n) is 10.3. The highest BCUT2D eigenvalue weighted by Crippen LogP contribution is 2.21. The summed E-state index contributed by atoms with van der Waals surface area (Å²) in [5, 5.41) is 3.38. The lowest BCUT2D eigenvalue weighted by molar-refractivity contribution is 0.0600. The summed E-state index contributed by atoms with van der Waals surface area (Å²) < 4.78 is 4.73. The number of ether oxygens (including phenoxy) is 1. The van der Waals surface area contributed by atoms with Crippen LogP contribution in [0.15, 0.2) is 41.3 Å². The Morgan fingerprint density at radius 1 is 1.12 bits per heavy atom. The van der Waals surface area contributed by atoms with E-state index in [1.54, 1.807) is 25.3 Å². The van der Waals surface area contributed by atoms with Crippen LogP contribution < -0.4 is 15.8 Å². The molecule has 1 amide bonds. The number of H-pyrrole nitrogens is 1. The van der Waals surface area contributed by atoms with Crippen LogP contribution in [0.2, 0.25) is 0 Å². The Hall–Kier alpha value is -3.72. The molecule has 0 spiro atoms. The molecule has 0 saturated carbocycles. The van der Waals surface area contributed by atoms with E-state index in [0.29, 0.717) is 22.2 Å². The third-order valence-electron chi connectivity index (χ3n) is 5.69. The fraction of sp³-hybridized carbons (Fsp3) is 0.304. The highest BCUT2D eigenvalue weighted by molar-refractivity contribution is 6.06. The second kappa shape index (κ2) is 8.80. The number of anilines is 2. The van der Waals surface area contributed by atoms with E-state index in [2.05, 4.69) is 32.1 Å². The quantitative estimate of drug-likeness (QED) is 0.604. The zero-order chi connectivity index (χ0) is 22.8. The smallest absolute Gasteiger partial charge is 0.337 e. The summed E-state index contributed by atoms with van der Waals surface area (Å²) in [4.78, 5) is 49.1. The Labute approximate surface area is 185 Å². The lowest BCUT2D eigenvalue weighted by Crippen LogP contribution is -2.44. The molecule has 0 radical (unpaired) electrons. The molecule has 3 aromatic rings. The molecule has 2 aromatic heterocycles. The van der Waals surface area contributed by atoms with Crippen LogP contribution in [-0.4, -0.2) is 67.1 Å². The van der Waals surface area contributed by atoms with E-state index < -0.39 is 17.4 Å². The number of fused-ring (bicyclic) bond motifs is 1. The van der Waals surface area contributed by atoms with Crippen LogP contribution >= 0.6 is 0 Å². The number of methoxy groups -OCH3 is 1. The number of rotatable bonds is 4. The largest absolute Gasteiger partial charge is 0.465 e. The van der Waals surface area contributed by atoms with Crippen molar-refractivity contribution in [1.82, 2.24) is 14.9 Å². The molecule has 1 fully saturated rings. The zero-order valence-corrected chi connectivity index (χ0v) is 18.3. The highest BCUT2D eigenvalue weighted by Gasteiger charge is 2.18. The zero-order valence-electron chi connectivity index (χ0n) is 18.3. The molecular weight excluding hydrogens is 410 g/mol. The molecule has 9 heteroatoms. The van der Waals surface area contributed by atoms with E-state index in [-0.39, 0.29) is 5.56 Å². The molecule has 3 heterocycles. The van der Waals surface area contributed by atoms with Crippen molar-refractivity contribution in [3.63, 3.8) is 0 Å². The van der Waals surface area contributed by atoms with Crippen LogP contribution in [0.5, 0.6) is 0 Å². The van der Waals surface area contributed by atoms with E-state index in [9.17, 15) is 14.4 Å². The van der Waals surface area contributed by atoms with Crippen LogP contribution in [0.4, 0.5) is 11.5 Å². The number of piperazine rings is 1. The Bertz CT molecular complexity index is 1240. The number of pyridine rings is 2. The molecule has 2 N–H and O–H groups in total. The molecule has 1 aliphatic heterocycles. The Morgan fingerprint density at radius 2 is 1.88 bits per heavy atom. The van der Waals surface area contributed by atoms with Gasteiger partial charge in [0.25, 0.3) is 11.5 Å². The first kappa shape index (κ1) is 21.5. The topological polar surface area (TPSA) is 108 Å². The summed E-state index contributed by atoms with van der Waals surface area (Å²) in [6.45, 7) is 5.43. The van der Waals surface area contributed by atoms with Crippen LogP contribution in [0.1, 0.15) is 26.3 Å². The predicted octanol–water partition coefficient (Wildman–Crippen LogP) is 2.02. The van der Waals surface area contributed by atoms with Gasteiger partial charge in [-0.3, -0.25) is 9.59 Å². The van der Waals surface area contributed by atoms with E-state index in [1.807, 2.05) is 6.07 Å². The SMILES string of the molecule is COC(=O)c1ccc(C)c(NC(=O)c2cc3cnc(N4CCN(C)CC4)cc3[nH]c2=O)c1. The van der Waals surface area contributed by atoms with Gasteiger partial charge in [-0.05, 0) is 37.7 Å². The third kappa shape index (κ3) is 4.33. The summed E-state index contributed by atoms with van der Waals surface area (Å²) in [5.41, 5.74) is 1.59. The summed E-state index contributed by atoms with van der Waals surface area (Å²) in [5.74, 6) is -0.276. The first-order valence-corrected chi connectivity index (χ1v) is 10.3. The number of benzene rings is 1. The molecule has 0 atom stereocenters. The van der Waals surface area contributed by atoms with Gasteiger partial charge >= 0.3 is 5.97 Å². The van der Waals surface area contributed by atoms with E-state index in [4.69, 9.17) is 4.74 Å². The van der Waals surface area contributed by atoms with Gasteiger partial charge in [0.1, 0.15) is 11.4 Å². The number of hydrogen-bond acceptors (Lipinski definition) is 7. The van der Waals surface area contributed by atoms with Crippen LogP contribution in [0.3, 0.4) is 0 Å². The average molecular weight is 435 g/mol. The van der Waals surface area contributed by atoms with Gasteiger partial charge < -0.3 is 24.8 Å². The number of aryl methyl sites for hydroxylation is 1. The van der Waals surface area contributed by atoms with Crippen molar-refractivity contribution in [2.24, 2.45) is 0 Å². The number of carbonyl (C=O) groups is 2. The number of esters is 1. The fourth-order valence-electron chi connectivity index (χ4n) is 3.66. The van der Waals surface area contributed by atoms with E-state index >= 15 is 0 Å². The molecule has 32 heavy (non-hydrogen) atoms. The molecule has 1 aromatic carbocycles. The van der Waals surface area contributed by atoms with Crippen molar-refractivity contribution in [2.75, 3.05) is 50.6 Å². The van der Waals surface area contributed by atoms with Gasteiger partial charge in [-0.2, -0.15) is 0 Å². The van der Waals surface area contributed by atoms with Gasteiger partial charge in [0.05, 0.1) is 18.2 Å². The number of carbonyl (C=O) groups excluding carboxylic acids is 2. The van der Waals surface area contributed by atoms with Gasteiger partial charge in [0.2, 0.25) is 0 Å². The maximum atomic E-state index is 12.8. The number of likely N-dealkylation sites (N-methyl/N-ethyl adjacent to an activating group) is 1. The van der Waals surface area contributed by atoms with Gasteiger partial charge in [-0.1, -0.05) is 6.07 Å². The van der Waals surface area contributed by atoms with Crippen LogP contribution in [0.25, 0.3) is 10.9 Å². The number of aromatic nitrogens is 2. The summed E-state index contributed by atoms with van der Waals surface area (Å²) in [7, 11) is 3.38. The molecule has 4 rings (SSSR count). The first-order chi connectivity index (χ1) is 15.4. The average Bonchev–Trinajstić information content (AvgIpc) is 2.79. The third-order valence-corrected chi connectivity index (χ3v) is 5.69. The monoisotopic (exact) mass is 435 g/mol. The van der Waals surface area contributed by atoms with E-state index in [0.717, 1.165) is 37.6 Å². The fourth-order valence-corrected chi connectivity index (χ4v) is 3.66. The van der Waals surface area contributed by atoms with Crippen LogP contribution in [-0.2, 0) is 4.74 Å². The number of amides is 1. The minimum Gasteiger partial charge on any atom is -0.465 e. The van der Waals surface area contributed by atoms with Crippen molar-refractivity contribution >= 4 is 34.3 Å². The molecule has 166 valence electrons. The van der Waals surface area contributed by atoms with Gasteiger partial charge in [-0.25, -0.2) is 9.78 Å². The summed E-state index contributed by atoms with van der Waals surface area (Å²) in [6.07, 6.45) is 1.67. The highest BCUT2D eigenvalue weighted by atomic mass is 16.5. The molecule has 0 aliphatic carbocycles. The Morgan fingerprint density at radius 3 is 2.59 bits per heavy atom. The lowest BCUT2D eigenvalue weighted by atomic mass is 10.1. The van der Waals surface area contributed by atoms with Gasteiger partial charge in [0, 0.05) is 49.5 Å². The normalized spacial score (nSPS) is 14.4. The van der Waals surface area contributed by atoms with Crippen molar-refractivity contribution in [2.45, 2.75) is 6.92 Å². The Kier molecular flexibility index (Phi) is 5.91. The number of hydrogen-bond donors (Lipinski definition) is 2. The molecule has 1 saturated heterocycles. The standard InChI is InChI=1S/C23H25N5O4/c1-14-4-5-15(23(31)32-3)11-18(14)25-21(29)17-10-16-13-24-20(12-19(16)26-22(17)30)28-8-6-27(2)7-9-28/h4-5,10-13H,6-9H2,1-3H3,(H,25,29)(H,26,30). The van der Waals surface area contributed by atoms with E-state index in [1.165, 1.54) is 19.2 Å². The van der Waals surface area contributed by atoms with Crippen molar-refractivity contribution in [3.8, 4) is 0 Å². The van der Waals surface area contributed by atoms with Gasteiger partial charge in [0.15, 0.2) is 0 Å². The molecule has 0 bridgehead atoms. The summed E-state index contributed by atoms with van der Waals surface area (Å²) >= 11 is 0. The Balaban J connectivity index is 1.60. The maximum Gasteiger partial charge on any atom is 0.337 e. The molecular formula is C23H25N5O4. The van der Waals surface area contributed by atoms with Crippen molar-refractivity contribution in [1.29, 1.82) is 0 Å². The lowest BCUT2D eigenvalue weighted by Gasteiger charge is -2.33. The number of nitrogens with zero attached hydrogens (tertiary/aromatic N) is 3. The minimum atomic E-state index is -0.568. The summed E-state index contributed by atoms with van der Waals surface area (Å²) in [6, 6.07) is 8.22. The molecule has 9 nitrogen and oxygen atoms in total. The van der Waals surface area contributed by atoms with Crippen molar-refractivity contribution in [3.05, 3.63) is 63.6 Å². The molecule has 1 aliphatic rings. The molecule has 0 unspecified atom stereocenters. The minimum absolute atomic E-state index is 0.0329. The van der Waals surface area contributed by atoms with Gasteiger partial charge in [-0.15, -0.1) is 0 Å². The van der Waals surface area contributed by atoms with Crippen LogP contribution in [0, 0.1) is 6.92 Å². The number of aromatic amines is 1. The second-order valence-electron chi connectivity index (χ2n) is 7.91. The van der Waals surface area contributed by atoms with Crippen molar-refractivity contribution < 1.29 is 14.3 Å².